The minimum Gasteiger partial charge on any atom is -0.497 e. The fourth-order valence-corrected chi connectivity index (χ4v) is 3.56. The molecule has 162 valence electrons. The minimum atomic E-state index is -0.131. The van der Waals surface area contributed by atoms with E-state index in [1.54, 1.807) is 44.4 Å². The van der Waals surface area contributed by atoms with E-state index in [2.05, 4.69) is 0 Å². The first-order valence-electron chi connectivity index (χ1n) is 10.3. The largest absolute Gasteiger partial charge is 0.497 e. The third-order valence-electron chi connectivity index (χ3n) is 5.21. The van der Waals surface area contributed by atoms with E-state index < -0.39 is 0 Å². The van der Waals surface area contributed by atoms with Gasteiger partial charge in [-0.05, 0) is 24.3 Å². The molecule has 0 atom stereocenters. The van der Waals surface area contributed by atoms with Crippen molar-refractivity contribution < 1.29 is 14.3 Å². The smallest absolute Gasteiger partial charge is 0.254 e. The molecule has 0 saturated heterocycles. The van der Waals surface area contributed by atoms with Gasteiger partial charge in [0.2, 0.25) is 0 Å². The Morgan fingerprint density at radius 3 is 2.09 bits per heavy atom. The van der Waals surface area contributed by atoms with Gasteiger partial charge in [-0.2, -0.15) is 5.10 Å². The summed E-state index contributed by atoms with van der Waals surface area (Å²) in [6.45, 7) is 0.398. The Morgan fingerprint density at radius 2 is 1.50 bits per heavy atom. The Kier molecular flexibility index (Phi) is 6.22. The highest BCUT2D eigenvalue weighted by Crippen LogP contribution is 2.27. The Morgan fingerprint density at radius 1 is 0.906 bits per heavy atom. The summed E-state index contributed by atoms with van der Waals surface area (Å²) < 4.78 is 12.5. The van der Waals surface area contributed by atoms with E-state index in [4.69, 9.17) is 14.6 Å². The summed E-state index contributed by atoms with van der Waals surface area (Å²) in [5, 5.41) is 4.83. The minimum absolute atomic E-state index is 0.131. The van der Waals surface area contributed by atoms with Crippen LogP contribution < -0.4 is 9.47 Å². The lowest BCUT2D eigenvalue weighted by Gasteiger charge is -2.18. The molecule has 0 saturated carbocycles. The van der Waals surface area contributed by atoms with E-state index in [9.17, 15) is 4.79 Å². The van der Waals surface area contributed by atoms with E-state index in [-0.39, 0.29) is 5.91 Å². The highest BCUT2D eigenvalue weighted by Gasteiger charge is 2.19. The zero-order valence-electron chi connectivity index (χ0n) is 18.4. The molecule has 6 nitrogen and oxygen atoms in total. The summed E-state index contributed by atoms with van der Waals surface area (Å²) >= 11 is 0. The van der Waals surface area contributed by atoms with E-state index >= 15 is 0 Å². The van der Waals surface area contributed by atoms with Crippen LogP contribution in [0.1, 0.15) is 15.9 Å². The maximum Gasteiger partial charge on any atom is 0.254 e. The monoisotopic (exact) mass is 427 g/mol. The number of amides is 1. The van der Waals surface area contributed by atoms with E-state index in [1.165, 1.54) is 0 Å². The Balaban J connectivity index is 1.67. The second-order valence-corrected chi connectivity index (χ2v) is 7.41. The lowest BCUT2D eigenvalue weighted by atomic mass is 10.1. The molecule has 0 aliphatic heterocycles. The van der Waals surface area contributed by atoms with Gasteiger partial charge >= 0.3 is 0 Å². The number of rotatable bonds is 7. The van der Waals surface area contributed by atoms with Crippen molar-refractivity contribution in [3.8, 4) is 28.4 Å². The van der Waals surface area contributed by atoms with Crippen molar-refractivity contribution in [2.24, 2.45) is 0 Å². The molecule has 1 heterocycles. The molecule has 0 radical (unpaired) electrons. The van der Waals surface area contributed by atoms with Crippen molar-refractivity contribution in [1.82, 2.24) is 14.7 Å². The number of carbonyl (C=O) groups excluding carboxylic acids is 1. The molecule has 0 fully saturated rings. The first-order valence-corrected chi connectivity index (χ1v) is 10.3. The molecule has 1 aromatic heterocycles. The van der Waals surface area contributed by atoms with Gasteiger partial charge in [-0.25, -0.2) is 4.68 Å². The maximum atomic E-state index is 13.2. The Bertz CT molecular complexity index is 1180. The molecule has 0 aliphatic rings. The SMILES string of the molecule is COc1cc(OC)cc(C(=O)N(C)Cc2cn(-c3ccccc3)nc2-c2ccccc2)c1. The van der Waals surface area contributed by atoms with Gasteiger partial charge in [0, 0.05) is 42.5 Å². The number of nitrogens with zero attached hydrogens (tertiary/aromatic N) is 3. The molecule has 0 aliphatic carbocycles. The molecule has 1 amide bonds. The molecule has 3 aromatic carbocycles. The van der Waals surface area contributed by atoms with Crippen molar-refractivity contribution >= 4 is 5.91 Å². The highest BCUT2D eigenvalue weighted by molar-refractivity contribution is 5.95. The van der Waals surface area contributed by atoms with Crippen LogP contribution in [-0.4, -0.2) is 41.9 Å². The molecule has 4 rings (SSSR count). The topological polar surface area (TPSA) is 56.6 Å². The number of hydrogen-bond donors (Lipinski definition) is 0. The summed E-state index contributed by atoms with van der Waals surface area (Å²) in [6, 6.07) is 25.1. The molecule has 32 heavy (non-hydrogen) atoms. The van der Waals surface area contributed by atoms with E-state index in [0.29, 0.717) is 23.6 Å². The quantitative estimate of drug-likeness (QED) is 0.424. The van der Waals surface area contributed by atoms with Gasteiger partial charge in [0.1, 0.15) is 11.5 Å². The number of carbonyl (C=O) groups is 1. The fourth-order valence-electron chi connectivity index (χ4n) is 3.56. The van der Waals surface area contributed by atoms with Gasteiger partial charge in [0.25, 0.3) is 5.91 Å². The van der Waals surface area contributed by atoms with Crippen molar-refractivity contribution in [1.29, 1.82) is 0 Å². The second-order valence-electron chi connectivity index (χ2n) is 7.41. The third kappa shape index (κ3) is 4.49. The number of methoxy groups -OCH3 is 2. The van der Waals surface area contributed by atoms with Crippen LogP contribution in [0.5, 0.6) is 11.5 Å². The highest BCUT2D eigenvalue weighted by atomic mass is 16.5. The summed E-state index contributed by atoms with van der Waals surface area (Å²) in [5.41, 5.74) is 4.26. The van der Waals surface area contributed by atoms with Crippen LogP contribution in [0, 0.1) is 0 Å². The van der Waals surface area contributed by atoms with Crippen LogP contribution in [0.2, 0.25) is 0 Å². The number of para-hydroxylation sites is 1. The van der Waals surface area contributed by atoms with Crippen molar-refractivity contribution in [2.75, 3.05) is 21.3 Å². The molecule has 6 heteroatoms. The van der Waals surface area contributed by atoms with E-state index in [1.807, 2.05) is 71.5 Å². The van der Waals surface area contributed by atoms with Crippen molar-refractivity contribution in [2.45, 2.75) is 6.54 Å². The number of ether oxygens (including phenoxy) is 2. The summed E-state index contributed by atoms with van der Waals surface area (Å²) in [5.74, 6) is 1.01. The van der Waals surface area contributed by atoms with Gasteiger partial charge in [-0.3, -0.25) is 4.79 Å². The molecular formula is C26H25N3O3. The Hall–Kier alpha value is -4.06. The van der Waals surface area contributed by atoms with Gasteiger partial charge in [-0.1, -0.05) is 48.5 Å². The van der Waals surface area contributed by atoms with Gasteiger partial charge in [0.05, 0.1) is 25.6 Å². The molecule has 4 aromatic rings. The molecule has 0 spiro atoms. The number of hydrogen-bond acceptors (Lipinski definition) is 4. The lowest BCUT2D eigenvalue weighted by Crippen LogP contribution is -2.26. The van der Waals surface area contributed by atoms with Crippen LogP contribution in [0.25, 0.3) is 16.9 Å². The lowest BCUT2D eigenvalue weighted by molar-refractivity contribution is 0.0784. The predicted octanol–water partition coefficient (Wildman–Crippen LogP) is 4.83. The van der Waals surface area contributed by atoms with Gasteiger partial charge in [-0.15, -0.1) is 0 Å². The van der Waals surface area contributed by atoms with E-state index in [0.717, 1.165) is 22.5 Å². The normalized spacial score (nSPS) is 10.6. The number of aromatic nitrogens is 2. The summed E-state index contributed by atoms with van der Waals surface area (Å²) in [7, 11) is 4.91. The molecule has 0 N–H and O–H groups in total. The van der Waals surface area contributed by atoms with Crippen LogP contribution in [-0.2, 0) is 6.54 Å². The van der Waals surface area contributed by atoms with Crippen molar-refractivity contribution in [3.05, 3.63) is 96.2 Å². The second kappa shape index (κ2) is 9.39. The summed E-state index contributed by atoms with van der Waals surface area (Å²) in [6.07, 6.45) is 1.98. The standard InChI is InChI=1S/C26H25N3O3/c1-28(26(30)20-14-23(31-2)16-24(15-20)32-3)17-21-18-29(22-12-8-5-9-13-22)27-25(21)19-10-6-4-7-11-19/h4-16,18H,17H2,1-3H3. The first kappa shape index (κ1) is 21.2. The van der Waals surface area contributed by atoms with Gasteiger partial charge < -0.3 is 14.4 Å². The predicted molar refractivity (Wildman–Crippen MR) is 124 cm³/mol. The molecular weight excluding hydrogens is 402 g/mol. The number of benzene rings is 3. The zero-order valence-corrected chi connectivity index (χ0v) is 18.4. The van der Waals surface area contributed by atoms with Crippen LogP contribution in [0.4, 0.5) is 0 Å². The average molecular weight is 428 g/mol. The third-order valence-corrected chi connectivity index (χ3v) is 5.21. The van der Waals surface area contributed by atoms with Crippen molar-refractivity contribution in [3.63, 3.8) is 0 Å². The fraction of sp³-hybridized carbons (Fsp3) is 0.154. The van der Waals surface area contributed by atoms with Gasteiger partial charge in [0.15, 0.2) is 0 Å². The van der Waals surface area contributed by atoms with Crippen LogP contribution >= 0.6 is 0 Å². The van der Waals surface area contributed by atoms with Crippen LogP contribution in [0.15, 0.2) is 85.1 Å². The zero-order chi connectivity index (χ0) is 22.5. The first-order chi connectivity index (χ1) is 15.6. The average Bonchev–Trinajstić information content (AvgIpc) is 3.28. The Labute approximate surface area is 187 Å². The molecule has 0 bridgehead atoms. The summed E-state index contributed by atoms with van der Waals surface area (Å²) in [4.78, 5) is 14.9. The molecule has 0 unspecified atom stereocenters. The maximum absolute atomic E-state index is 13.2. The van der Waals surface area contributed by atoms with Crippen LogP contribution in [0.3, 0.4) is 0 Å².